The SMILES string of the molecule is Cn1cc(-n2c3c(c4c(N)ncnc42)-c2noc(C4CC4)c2C(O)CC3)cn1.O=C(O)C(F)(F)F. The summed E-state index contributed by atoms with van der Waals surface area (Å²) in [5.41, 5.74) is 11.2. The highest BCUT2D eigenvalue weighted by Gasteiger charge is 2.39. The van der Waals surface area contributed by atoms with Crippen molar-refractivity contribution in [1.82, 2.24) is 29.5 Å². The molecule has 6 rings (SSSR count). The van der Waals surface area contributed by atoms with Gasteiger partial charge in [0, 0.05) is 30.4 Å². The van der Waals surface area contributed by atoms with Crippen LogP contribution in [-0.2, 0) is 18.3 Å². The smallest absolute Gasteiger partial charge is 0.475 e. The molecule has 1 saturated carbocycles. The first-order valence-corrected chi connectivity index (χ1v) is 10.7. The molecule has 4 heterocycles. The molecule has 0 aliphatic heterocycles. The van der Waals surface area contributed by atoms with Gasteiger partial charge in [-0.1, -0.05) is 5.16 Å². The molecule has 2 aliphatic rings. The van der Waals surface area contributed by atoms with Gasteiger partial charge in [0.2, 0.25) is 0 Å². The van der Waals surface area contributed by atoms with Crippen molar-refractivity contribution < 1.29 is 32.7 Å². The minimum absolute atomic E-state index is 0.354. The number of carbonyl (C=O) groups is 1. The largest absolute Gasteiger partial charge is 0.490 e. The number of alkyl halides is 3. The van der Waals surface area contributed by atoms with E-state index in [1.165, 1.54) is 6.33 Å². The summed E-state index contributed by atoms with van der Waals surface area (Å²) in [6, 6.07) is 0. The van der Waals surface area contributed by atoms with E-state index in [1.807, 2.05) is 17.8 Å². The zero-order valence-corrected chi connectivity index (χ0v) is 18.3. The second kappa shape index (κ2) is 8.08. The first-order valence-electron chi connectivity index (χ1n) is 10.7. The molecule has 0 saturated heterocycles. The monoisotopic (exact) mass is 491 g/mol. The number of anilines is 1. The fraction of sp³-hybridized carbons (Fsp3) is 0.381. The van der Waals surface area contributed by atoms with Gasteiger partial charge in [0.1, 0.15) is 23.6 Å². The number of rotatable bonds is 2. The van der Waals surface area contributed by atoms with Gasteiger partial charge in [-0.3, -0.25) is 9.25 Å². The van der Waals surface area contributed by atoms with Crippen molar-refractivity contribution in [3.8, 4) is 16.9 Å². The number of carboxylic acids is 1. The van der Waals surface area contributed by atoms with Gasteiger partial charge < -0.3 is 20.5 Å². The van der Waals surface area contributed by atoms with Crippen molar-refractivity contribution in [2.45, 2.75) is 43.9 Å². The van der Waals surface area contributed by atoms with E-state index in [0.717, 1.165) is 46.5 Å². The lowest BCUT2D eigenvalue weighted by atomic mass is 10.0. The van der Waals surface area contributed by atoms with Crippen molar-refractivity contribution in [3.63, 3.8) is 0 Å². The Morgan fingerprint density at radius 2 is 1.97 bits per heavy atom. The third-order valence-corrected chi connectivity index (χ3v) is 6.00. The van der Waals surface area contributed by atoms with E-state index >= 15 is 0 Å². The lowest BCUT2D eigenvalue weighted by molar-refractivity contribution is -0.192. The van der Waals surface area contributed by atoms with E-state index in [4.69, 9.17) is 20.2 Å². The molecule has 0 radical (unpaired) electrons. The number of aliphatic hydroxyl groups is 1. The molecule has 0 spiro atoms. The molecule has 0 aromatic carbocycles. The van der Waals surface area contributed by atoms with Gasteiger partial charge in [0.05, 0.1) is 28.9 Å². The Hall–Kier alpha value is -3.94. The van der Waals surface area contributed by atoms with Crippen LogP contribution in [0, 0.1) is 0 Å². The number of carboxylic acid groups (broad SMARTS) is 1. The number of nitrogen functional groups attached to an aromatic ring is 1. The van der Waals surface area contributed by atoms with Crippen molar-refractivity contribution >= 4 is 22.8 Å². The summed E-state index contributed by atoms with van der Waals surface area (Å²) in [4.78, 5) is 17.6. The van der Waals surface area contributed by atoms with Crippen LogP contribution in [0.25, 0.3) is 28.0 Å². The standard InChI is InChI=1S/C19H19N7O2.C2HF3O2/c1-25-7-10(6-23-25)26-11-4-5-12(27)14-16(24-28-17(14)9-2-3-9)13(11)15-18(20)21-8-22-19(15)26;3-2(4,5)1(6)7/h6-9,12,27H,2-5H2,1H3,(H2,20,21,22);(H,6,7). The molecule has 11 nitrogen and oxygen atoms in total. The predicted molar refractivity (Wildman–Crippen MR) is 114 cm³/mol. The zero-order valence-electron chi connectivity index (χ0n) is 18.3. The highest BCUT2D eigenvalue weighted by atomic mass is 19.4. The topological polar surface area (TPSA) is 158 Å². The van der Waals surface area contributed by atoms with E-state index in [2.05, 4.69) is 20.2 Å². The lowest BCUT2D eigenvalue weighted by Gasteiger charge is -2.10. The first-order chi connectivity index (χ1) is 16.6. The van der Waals surface area contributed by atoms with Gasteiger partial charge >= 0.3 is 12.1 Å². The molecule has 14 heteroatoms. The number of aryl methyl sites for hydroxylation is 1. The number of aromatic nitrogens is 6. The predicted octanol–water partition coefficient (Wildman–Crippen LogP) is 2.88. The van der Waals surface area contributed by atoms with Gasteiger partial charge in [0.25, 0.3) is 0 Å². The van der Waals surface area contributed by atoms with Crippen molar-refractivity contribution in [2.24, 2.45) is 7.05 Å². The van der Waals surface area contributed by atoms with Gasteiger partial charge in [-0.15, -0.1) is 0 Å². The Balaban J connectivity index is 0.000000320. The fourth-order valence-corrected chi connectivity index (χ4v) is 4.35. The number of nitrogens with two attached hydrogens (primary N) is 1. The van der Waals surface area contributed by atoms with Crippen molar-refractivity contribution in [1.29, 1.82) is 0 Å². The van der Waals surface area contributed by atoms with Crippen LogP contribution in [0.5, 0.6) is 0 Å². The molecule has 1 unspecified atom stereocenters. The third-order valence-electron chi connectivity index (χ3n) is 6.00. The Kier molecular flexibility index (Phi) is 5.27. The Morgan fingerprint density at radius 1 is 1.26 bits per heavy atom. The van der Waals surface area contributed by atoms with E-state index in [-0.39, 0.29) is 0 Å². The number of hydrogen-bond acceptors (Lipinski definition) is 8. The maximum Gasteiger partial charge on any atom is 0.490 e. The van der Waals surface area contributed by atoms with E-state index in [9.17, 15) is 18.3 Å². The third kappa shape index (κ3) is 3.88. The number of aliphatic hydroxyl groups excluding tert-OH is 1. The maximum absolute atomic E-state index is 10.9. The minimum Gasteiger partial charge on any atom is -0.475 e. The zero-order chi connectivity index (χ0) is 25.1. The average molecular weight is 491 g/mol. The average Bonchev–Trinajstić information content (AvgIpc) is 3.29. The van der Waals surface area contributed by atoms with E-state index in [1.54, 1.807) is 10.9 Å². The van der Waals surface area contributed by atoms with Gasteiger partial charge in [-0.25, -0.2) is 14.8 Å². The second-order valence-corrected chi connectivity index (χ2v) is 8.43. The molecule has 2 aliphatic carbocycles. The molecular formula is C21H20F3N7O4. The molecule has 4 aromatic rings. The van der Waals surface area contributed by atoms with Gasteiger partial charge in [-0.2, -0.15) is 18.3 Å². The quantitative estimate of drug-likeness (QED) is 0.383. The maximum atomic E-state index is 10.9. The van der Waals surface area contributed by atoms with Crippen LogP contribution in [0.3, 0.4) is 0 Å². The summed E-state index contributed by atoms with van der Waals surface area (Å²) >= 11 is 0. The Labute approximate surface area is 195 Å². The van der Waals surface area contributed by atoms with Crippen molar-refractivity contribution in [2.75, 3.05) is 5.73 Å². The van der Waals surface area contributed by atoms with Crippen LogP contribution >= 0.6 is 0 Å². The van der Waals surface area contributed by atoms with Crippen LogP contribution in [0.2, 0.25) is 0 Å². The summed E-state index contributed by atoms with van der Waals surface area (Å²) < 4.78 is 41.2. The number of hydrogen-bond donors (Lipinski definition) is 3. The highest BCUT2D eigenvalue weighted by Crippen LogP contribution is 2.50. The van der Waals surface area contributed by atoms with Gasteiger partial charge in [-0.05, 0) is 25.7 Å². The summed E-state index contributed by atoms with van der Waals surface area (Å²) in [5, 5.41) is 27.5. The molecular weight excluding hydrogens is 471 g/mol. The molecule has 0 amide bonds. The summed E-state index contributed by atoms with van der Waals surface area (Å²) in [6.07, 6.45) is 2.86. The normalized spacial score (nSPS) is 17.3. The lowest BCUT2D eigenvalue weighted by Crippen LogP contribution is -2.21. The molecule has 4 N–H and O–H groups in total. The number of fused-ring (bicyclic) bond motifs is 5. The Morgan fingerprint density at radius 3 is 2.57 bits per heavy atom. The minimum atomic E-state index is -5.08. The van der Waals surface area contributed by atoms with Crippen LogP contribution in [0.4, 0.5) is 19.0 Å². The van der Waals surface area contributed by atoms with Crippen LogP contribution in [0.15, 0.2) is 23.2 Å². The molecule has 35 heavy (non-hydrogen) atoms. The summed E-state index contributed by atoms with van der Waals surface area (Å²) in [7, 11) is 1.87. The number of nitrogens with zero attached hydrogens (tertiary/aromatic N) is 6. The van der Waals surface area contributed by atoms with Crippen LogP contribution < -0.4 is 5.73 Å². The second-order valence-electron chi connectivity index (χ2n) is 8.43. The van der Waals surface area contributed by atoms with E-state index in [0.29, 0.717) is 35.9 Å². The first kappa shape index (κ1) is 22.8. The highest BCUT2D eigenvalue weighted by molar-refractivity contribution is 6.03. The summed E-state index contributed by atoms with van der Waals surface area (Å²) in [6.45, 7) is 0. The van der Waals surface area contributed by atoms with Gasteiger partial charge in [0.15, 0.2) is 5.65 Å². The molecule has 184 valence electrons. The van der Waals surface area contributed by atoms with Crippen LogP contribution in [0.1, 0.15) is 48.3 Å². The fourth-order valence-electron chi connectivity index (χ4n) is 4.35. The number of aliphatic carboxylic acids is 1. The summed E-state index contributed by atoms with van der Waals surface area (Å²) in [5.74, 6) is -1.20. The molecule has 1 atom stereocenters. The molecule has 1 fully saturated rings. The molecule has 0 bridgehead atoms. The van der Waals surface area contributed by atoms with Crippen molar-refractivity contribution in [3.05, 3.63) is 35.7 Å². The Bertz CT molecular complexity index is 1430. The molecule has 4 aromatic heterocycles. The number of halogens is 3. The van der Waals surface area contributed by atoms with Crippen LogP contribution in [-0.4, -0.2) is 51.8 Å². The van der Waals surface area contributed by atoms with E-state index < -0.39 is 18.2 Å².